The molecule has 0 bridgehead atoms. The van der Waals surface area contributed by atoms with Crippen LogP contribution in [0.5, 0.6) is 0 Å². The van der Waals surface area contributed by atoms with Crippen LogP contribution in [0.3, 0.4) is 0 Å². The predicted molar refractivity (Wildman–Crippen MR) is 147 cm³/mol. The predicted octanol–water partition coefficient (Wildman–Crippen LogP) is 5.68. The van der Waals surface area contributed by atoms with Gasteiger partial charge in [0, 0.05) is 62.0 Å². The Labute approximate surface area is 217 Å². The van der Waals surface area contributed by atoms with Gasteiger partial charge in [0.1, 0.15) is 0 Å². The average molecular weight is 503 g/mol. The van der Waals surface area contributed by atoms with E-state index in [1.54, 1.807) is 11.3 Å². The van der Waals surface area contributed by atoms with Crippen molar-refractivity contribution in [2.75, 3.05) is 31.5 Å². The van der Waals surface area contributed by atoms with E-state index >= 15 is 0 Å². The molecule has 3 aromatic rings. The van der Waals surface area contributed by atoms with Gasteiger partial charge in [0.25, 0.3) is 5.91 Å². The van der Waals surface area contributed by atoms with Gasteiger partial charge in [-0.25, -0.2) is 0 Å². The van der Waals surface area contributed by atoms with Crippen molar-refractivity contribution in [3.63, 3.8) is 0 Å². The van der Waals surface area contributed by atoms with Gasteiger partial charge in [-0.3, -0.25) is 19.5 Å². The lowest BCUT2D eigenvalue weighted by Crippen LogP contribution is -2.30. The molecule has 1 aliphatic heterocycles. The highest BCUT2D eigenvalue weighted by Gasteiger charge is 2.21. The first-order valence-electron chi connectivity index (χ1n) is 12.6. The van der Waals surface area contributed by atoms with Gasteiger partial charge in [0.2, 0.25) is 5.91 Å². The minimum atomic E-state index is -0.0861. The lowest BCUT2D eigenvalue weighted by atomic mass is 9.87. The zero-order valence-corrected chi connectivity index (χ0v) is 22.1. The molecule has 0 aliphatic carbocycles. The van der Waals surface area contributed by atoms with E-state index in [1.165, 1.54) is 22.9 Å². The molecule has 36 heavy (non-hydrogen) atoms. The van der Waals surface area contributed by atoms with E-state index in [0.29, 0.717) is 18.7 Å². The van der Waals surface area contributed by atoms with Crippen LogP contribution in [-0.2, 0) is 11.3 Å². The molecule has 0 saturated carbocycles. The van der Waals surface area contributed by atoms with Crippen LogP contribution in [0.2, 0.25) is 0 Å². The molecule has 0 radical (unpaired) electrons. The number of piperidine rings is 1. The first-order chi connectivity index (χ1) is 17.5. The van der Waals surface area contributed by atoms with Crippen molar-refractivity contribution in [1.29, 1.82) is 0 Å². The van der Waals surface area contributed by atoms with Gasteiger partial charge in [-0.2, -0.15) is 0 Å². The Hall–Kier alpha value is -3.29. The lowest BCUT2D eigenvalue weighted by Gasteiger charge is -2.30. The standard InChI is InChI=1S/C29H34N4O2S/c1-4-33(5-2)29(35)24-11-9-22(10-12-24)28(25-7-6-8-26(17-25)31-21(3)34)23-13-15-32(16-14-23)19-27-18-30-20-36-27/h6-12,17-18,20H,4-5,13-16,19H2,1-3H3,(H,31,34). The van der Waals surface area contributed by atoms with Crippen molar-refractivity contribution in [1.82, 2.24) is 14.8 Å². The maximum absolute atomic E-state index is 12.8. The van der Waals surface area contributed by atoms with E-state index in [4.69, 9.17) is 0 Å². The zero-order chi connectivity index (χ0) is 25.5. The summed E-state index contributed by atoms with van der Waals surface area (Å²) < 4.78 is 0. The van der Waals surface area contributed by atoms with E-state index in [1.807, 2.05) is 60.8 Å². The molecule has 1 fully saturated rings. The Balaban J connectivity index is 1.65. The summed E-state index contributed by atoms with van der Waals surface area (Å²) in [4.78, 5) is 34.3. The van der Waals surface area contributed by atoms with Crippen molar-refractivity contribution in [3.05, 3.63) is 87.4 Å². The zero-order valence-electron chi connectivity index (χ0n) is 21.3. The number of anilines is 1. The molecule has 2 aromatic carbocycles. The number of carbonyl (C=O) groups excluding carboxylic acids is 2. The van der Waals surface area contributed by atoms with E-state index < -0.39 is 0 Å². The molecule has 0 atom stereocenters. The number of likely N-dealkylation sites (tertiary alicyclic amines) is 1. The fourth-order valence-electron chi connectivity index (χ4n) is 4.78. The van der Waals surface area contributed by atoms with E-state index in [9.17, 15) is 9.59 Å². The summed E-state index contributed by atoms with van der Waals surface area (Å²) in [5.41, 5.74) is 8.15. The highest BCUT2D eigenvalue weighted by atomic mass is 32.1. The third kappa shape index (κ3) is 6.28. The number of thiazole rings is 1. The average Bonchev–Trinajstić information content (AvgIpc) is 3.39. The van der Waals surface area contributed by atoms with Crippen LogP contribution in [0.1, 0.15) is 60.0 Å². The van der Waals surface area contributed by atoms with Crippen LogP contribution >= 0.6 is 11.3 Å². The number of carbonyl (C=O) groups is 2. The number of benzene rings is 2. The second-order valence-electron chi connectivity index (χ2n) is 9.04. The molecular weight excluding hydrogens is 468 g/mol. The Morgan fingerprint density at radius 2 is 1.69 bits per heavy atom. The summed E-state index contributed by atoms with van der Waals surface area (Å²) in [6, 6.07) is 16.0. The highest BCUT2D eigenvalue weighted by Crippen LogP contribution is 2.34. The normalized spacial score (nSPS) is 13.9. The molecule has 1 saturated heterocycles. The number of hydrogen-bond donors (Lipinski definition) is 1. The number of rotatable bonds is 8. The van der Waals surface area contributed by atoms with E-state index in [2.05, 4.69) is 33.4 Å². The van der Waals surface area contributed by atoms with Gasteiger partial charge in [0.05, 0.1) is 5.51 Å². The molecule has 2 amide bonds. The van der Waals surface area contributed by atoms with Crippen LogP contribution in [-0.4, -0.2) is 52.8 Å². The largest absolute Gasteiger partial charge is 0.339 e. The third-order valence-corrected chi connectivity index (χ3v) is 7.38. The van der Waals surface area contributed by atoms with Gasteiger partial charge in [-0.1, -0.05) is 29.8 Å². The molecule has 1 N–H and O–H groups in total. The Kier molecular flexibility index (Phi) is 8.67. The number of nitrogens with zero attached hydrogens (tertiary/aromatic N) is 3. The fourth-order valence-corrected chi connectivity index (χ4v) is 5.41. The number of hydrogen-bond acceptors (Lipinski definition) is 5. The summed E-state index contributed by atoms with van der Waals surface area (Å²) in [5.74, 6) is -0.0261. The number of nitrogens with one attached hydrogen (secondary N) is 1. The van der Waals surface area contributed by atoms with Gasteiger partial charge in [-0.15, -0.1) is 11.3 Å². The van der Waals surface area contributed by atoms with Crippen LogP contribution in [0, 0.1) is 0 Å². The molecule has 7 heteroatoms. The Morgan fingerprint density at radius 1 is 1.00 bits per heavy atom. The van der Waals surface area contributed by atoms with Crippen LogP contribution < -0.4 is 5.32 Å². The maximum Gasteiger partial charge on any atom is 0.253 e. The first-order valence-corrected chi connectivity index (χ1v) is 13.5. The molecular formula is C29H34N4O2S. The fraction of sp³-hybridized carbons (Fsp3) is 0.345. The van der Waals surface area contributed by atoms with Crippen molar-refractivity contribution in [2.45, 2.75) is 40.2 Å². The minimum absolute atomic E-state index is 0.0600. The SMILES string of the molecule is CCN(CC)C(=O)c1ccc(C(=C2CCN(Cc3cncs3)CC2)c2cccc(NC(C)=O)c2)cc1. The molecule has 1 aliphatic rings. The van der Waals surface area contributed by atoms with Gasteiger partial charge < -0.3 is 10.2 Å². The van der Waals surface area contributed by atoms with Gasteiger partial charge in [0.15, 0.2) is 0 Å². The molecule has 6 nitrogen and oxygen atoms in total. The number of aromatic nitrogens is 1. The Bertz CT molecular complexity index is 1200. The summed E-state index contributed by atoms with van der Waals surface area (Å²) in [7, 11) is 0. The molecule has 2 heterocycles. The second-order valence-corrected chi connectivity index (χ2v) is 10.0. The second kappa shape index (κ2) is 12.1. The summed E-state index contributed by atoms with van der Waals surface area (Å²) >= 11 is 1.70. The molecule has 0 spiro atoms. The van der Waals surface area contributed by atoms with Crippen molar-refractivity contribution in [2.24, 2.45) is 0 Å². The van der Waals surface area contributed by atoms with E-state index in [0.717, 1.165) is 49.3 Å². The topological polar surface area (TPSA) is 65.5 Å². The third-order valence-electron chi connectivity index (χ3n) is 6.62. The van der Waals surface area contributed by atoms with Crippen molar-refractivity contribution < 1.29 is 9.59 Å². The monoisotopic (exact) mass is 502 g/mol. The summed E-state index contributed by atoms with van der Waals surface area (Å²) in [5, 5.41) is 2.91. The van der Waals surface area contributed by atoms with Gasteiger partial charge >= 0.3 is 0 Å². The summed E-state index contributed by atoms with van der Waals surface area (Å²) in [6.07, 6.45) is 3.90. The first kappa shape index (κ1) is 25.8. The highest BCUT2D eigenvalue weighted by molar-refractivity contribution is 7.09. The van der Waals surface area contributed by atoms with Crippen molar-refractivity contribution >= 4 is 34.4 Å². The van der Waals surface area contributed by atoms with Crippen LogP contribution in [0.25, 0.3) is 5.57 Å². The minimum Gasteiger partial charge on any atom is -0.339 e. The lowest BCUT2D eigenvalue weighted by molar-refractivity contribution is -0.114. The molecule has 188 valence electrons. The van der Waals surface area contributed by atoms with Crippen molar-refractivity contribution in [3.8, 4) is 0 Å². The smallest absolute Gasteiger partial charge is 0.253 e. The Morgan fingerprint density at radius 3 is 2.31 bits per heavy atom. The number of amides is 2. The quantitative estimate of drug-likeness (QED) is 0.430. The van der Waals surface area contributed by atoms with E-state index in [-0.39, 0.29) is 11.8 Å². The maximum atomic E-state index is 12.8. The van der Waals surface area contributed by atoms with Crippen LogP contribution in [0.4, 0.5) is 5.69 Å². The van der Waals surface area contributed by atoms with Gasteiger partial charge in [-0.05, 0) is 67.7 Å². The molecule has 4 rings (SSSR count). The molecule has 0 unspecified atom stereocenters. The van der Waals surface area contributed by atoms with Crippen LogP contribution in [0.15, 0.2) is 65.8 Å². The molecule has 1 aromatic heterocycles. The summed E-state index contributed by atoms with van der Waals surface area (Å²) in [6.45, 7) is 9.83.